The summed E-state index contributed by atoms with van der Waals surface area (Å²) in [5.41, 5.74) is 7.48. The van der Waals surface area contributed by atoms with Gasteiger partial charge in [0, 0.05) is 55.2 Å². The number of nitrogens with zero attached hydrogens (tertiary/aromatic N) is 4. The molecule has 12 heteroatoms. The number of benzene rings is 5. The van der Waals surface area contributed by atoms with Crippen LogP contribution in [0.5, 0.6) is 28.7 Å². The standard InChI is InChI=1S/C48H44N4O8/c1-29(53)10-8-9-15-58-36-17-30(27-59-45-23-39-37(21-43(45)56-2)47(54)51-34(25-49-39)19-32-11-4-6-13-41(32)51)16-31(18-36)28-60-46-24-40-38(22-44(46)57-3)48(55)52-35(26-50-40)20-33-12-5-7-14-42(33)52/h4-7,11-14,16-18,21-26,34-35H,8-10,15,19-20,27-28H2,1-3H3/t34-,35-/m0/s1. The summed E-state index contributed by atoms with van der Waals surface area (Å²) in [6, 6.07) is 28.2. The SMILES string of the molecule is COc1cc2c(cc1OCc1cc(COc3cc4c(cc3OC)C(=O)N3c5ccccc5C[C@H]3C=N4)cc(OCCCCC(C)=O)c1)N=C[C@@H]1Cc3ccccc3N1C2=O. The van der Waals surface area contributed by atoms with Crippen LogP contribution in [0.2, 0.25) is 0 Å². The Morgan fingerprint density at radius 3 is 1.62 bits per heavy atom. The summed E-state index contributed by atoms with van der Waals surface area (Å²) in [6.45, 7) is 2.30. The number of carbonyl (C=O) groups is 3. The average molecular weight is 805 g/mol. The van der Waals surface area contributed by atoms with Crippen molar-refractivity contribution in [3.8, 4) is 28.7 Å². The minimum absolute atomic E-state index is 0.142. The molecule has 0 fully saturated rings. The van der Waals surface area contributed by atoms with E-state index in [9.17, 15) is 14.4 Å². The summed E-state index contributed by atoms with van der Waals surface area (Å²) in [5.74, 6) is 2.17. The lowest BCUT2D eigenvalue weighted by atomic mass is 10.1. The van der Waals surface area contributed by atoms with Gasteiger partial charge >= 0.3 is 0 Å². The van der Waals surface area contributed by atoms with Gasteiger partial charge in [0.25, 0.3) is 11.8 Å². The highest BCUT2D eigenvalue weighted by atomic mass is 16.5. The van der Waals surface area contributed by atoms with Crippen molar-refractivity contribution in [3.05, 3.63) is 124 Å². The number of para-hydroxylation sites is 2. The van der Waals surface area contributed by atoms with E-state index in [1.165, 1.54) is 0 Å². The normalized spacial score (nSPS) is 16.8. The molecule has 2 atom stereocenters. The van der Waals surface area contributed by atoms with Crippen molar-refractivity contribution in [2.75, 3.05) is 30.6 Å². The maximum Gasteiger partial charge on any atom is 0.261 e. The van der Waals surface area contributed by atoms with E-state index in [0.717, 1.165) is 46.5 Å². The van der Waals surface area contributed by atoms with Crippen LogP contribution in [0.25, 0.3) is 0 Å². The number of fused-ring (bicyclic) bond motifs is 8. The molecule has 0 saturated carbocycles. The number of hydrogen-bond acceptors (Lipinski definition) is 10. The third-order valence-corrected chi connectivity index (χ3v) is 11.3. The minimum atomic E-state index is -0.180. The van der Waals surface area contributed by atoms with E-state index in [4.69, 9.17) is 33.7 Å². The van der Waals surface area contributed by atoms with Gasteiger partial charge in [-0.05, 0) is 84.5 Å². The monoisotopic (exact) mass is 804 g/mol. The number of aliphatic imine (C=N–C) groups is 2. The number of carbonyl (C=O) groups excluding carboxylic acids is 3. The first kappa shape index (κ1) is 38.6. The van der Waals surface area contributed by atoms with Gasteiger partial charge in [0.1, 0.15) is 24.7 Å². The number of unbranched alkanes of at least 4 members (excludes halogenated alkanes) is 1. The van der Waals surface area contributed by atoms with Crippen molar-refractivity contribution in [2.45, 2.75) is 64.3 Å². The van der Waals surface area contributed by atoms with Crippen LogP contribution in [0.15, 0.2) is 101 Å². The van der Waals surface area contributed by atoms with Crippen molar-refractivity contribution >= 4 is 52.8 Å². The third-order valence-electron chi connectivity index (χ3n) is 11.3. The first-order chi connectivity index (χ1) is 29.3. The lowest BCUT2D eigenvalue weighted by molar-refractivity contribution is -0.117. The Labute approximate surface area is 348 Å². The molecule has 9 rings (SSSR count). The fourth-order valence-electron chi connectivity index (χ4n) is 8.34. The van der Waals surface area contributed by atoms with Crippen LogP contribution >= 0.6 is 0 Å². The fourth-order valence-corrected chi connectivity index (χ4v) is 8.34. The zero-order chi connectivity index (χ0) is 41.3. The number of anilines is 2. The van der Waals surface area contributed by atoms with E-state index >= 15 is 0 Å². The van der Waals surface area contributed by atoms with Crippen molar-refractivity contribution in [1.29, 1.82) is 0 Å². The molecule has 4 aliphatic heterocycles. The predicted molar refractivity (Wildman–Crippen MR) is 229 cm³/mol. The zero-order valence-corrected chi connectivity index (χ0v) is 33.7. The van der Waals surface area contributed by atoms with E-state index < -0.39 is 0 Å². The van der Waals surface area contributed by atoms with E-state index in [1.54, 1.807) is 55.2 Å². The molecule has 4 aliphatic rings. The Kier molecular flexibility index (Phi) is 10.5. The topological polar surface area (TPSA) is 129 Å². The first-order valence-electron chi connectivity index (χ1n) is 20.1. The van der Waals surface area contributed by atoms with E-state index in [2.05, 4.69) is 0 Å². The highest BCUT2D eigenvalue weighted by molar-refractivity contribution is 6.15. The fraction of sp³-hybridized carbons (Fsp3) is 0.271. The molecule has 0 aromatic heterocycles. The van der Waals surface area contributed by atoms with Gasteiger partial charge in [0.05, 0.1) is 55.4 Å². The van der Waals surface area contributed by atoms with Crippen LogP contribution in [0.1, 0.15) is 69.2 Å². The molecular formula is C48H44N4O8. The maximum absolute atomic E-state index is 13.9. The number of Topliss-reactive ketones (excluding diaryl/α,β-unsaturated/α-hetero) is 1. The molecule has 0 unspecified atom stereocenters. The smallest absolute Gasteiger partial charge is 0.261 e. The summed E-state index contributed by atoms with van der Waals surface area (Å²) in [5, 5.41) is 0. The number of hydrogen-bond donors (Lipinski definition) is 0. The molecule has 0 saturated heterocycles. The lowest BCUT2D eigenvalue weighted by Crippen LogP contribution is -2.37. The molecule has 2 amide bonds. The Morgan fingerprint density at radius 2 is 1.13 bits per heavy atom. The summed E-state index contributed by atoms with van der Waals surface area (Å²) in [7, 11) is 3.09. The Balaban J connectivity index is 0.955. The van der Waals surface area contributed by atoms with Gasteiger partial charge in [-0.2, -0.15) is 0 Å². The molecule has 12 nitrogen and oxygen atoms in total. The van der Waals surface area contributed by atoms with Crippen LogP contribution < -0.4 is 33.5 Å². The van der Waals surface area contributed by atoms with Crippen molar-refractivity contribution in [1.82, 2.24) is 0 Å². The minimum Gasteiger partial charge on any atom is -0.494 e. The van der Waals surface area contributed by atoms with Crippen LogP contribution in [-0.4, -0.2) is 62.9 Å². The van der Waals surface area contributed by atoms with E-state index in [-0.39, 0.29) is 42.9 Å². The van der Waals surface area contributed by atoms with Gasteiger partial charge in [-0.25, -0.2) is 0 Å². The van der Waals surface area contributed by atoms with Crippen LogP contribution in [0, 0.1) is 0 Å². The number of rotatable bonds is 14. The molecule has 5 aromatic rings. The highest BCUT2D eigenvalue weighted by Gasteiger charge is 2.38. The van der Waals surface area contributed by atoms with E-state index in [1.807, 2.05) is 79.2 Å². The first-order valence-corrected chi connectivity index (χ1v) is 20.1. The summed E-state index contributed by atoms with van der Waals surface area (Å²) >= 11 is 0. The van der Waals surface area contributed by atoms with Crippen molar-refractivity contribution in [2.24, 2.45) is 9.98 Å². The van der Waals surface area contributed by atoms with Gasteiger partial charge in [0.2, 0.25) is 0 Å². The summed E-state index contributed by atoms with van der Waals surface area (Å²) < 4.78 is 30.5. The van der Waals surface area contributed by atoms with Crippen LogP contribution in [0.4, 0.5) is 22.7 Å². The van der Waals surface area contributed by atoms with Gasteiger partial charge in [-0.15, -0.1) is 0 Å². The molecule has 0 N–H and O–H groups in total. The van der Waals surface area contributed by atoms with Gasteiger partial charge in [-0.3, -0.25) is 29.4 Å². The largest absolute Gasteiger partial charge is 0.494 e. The molecule has 304 valence electrons. The Bertz CT molecular complexity index is 2420. The number of amides is 2. The molecular weight excluding hydrogens is 761 g/mol. The van der Waals surface area contributed by atoms with Crippen LogP contribution in [-0.2, 0) is 30.8 Å². The summed E-state index contributed by atoms with van der Waals surface area (Å²) in [6.07, 6.45) is 7.01. The van der Waals surface area contributed by atoms with Gasteiger partial charge in [-0.1, -0.05) is 36.4 Å². The van der Waals surface area contributed by atoms with Gasteiger partial charge in [0.15, 0.2) is 23.0 Å². The Hall–Kier alpha value is -6.95. The average Bonchev–Trinajstić information content (AvgIpc) is 3.75. The molecule has 4 heterocycles. The van der Waals surface area contributed by atoms with Crippen molar-refractivity contribution in [3.63, 3.8) is 0 Å². The number of methoxy groups -OCH3 is 2. The zero-order valence-electron chi connectivity index (χ0n) is 33.7. The molecule has 0 aliphatic carbocycles. The molecule has 0 bridgehead atoms. The second kappa shape index (κ2) is 16.4. The molecule has 5 aromatic carbocycles. The quantitative estimate of drug-likeness (QED) is 0.102. The molecule has 60 heavy (non-hydrogen) atoms. The number of ether oxygens (including phenoxy) is 5. The van der Waals surface area contributed by atoms with E-state index in [0.29, 0.717) is 77.1 Å². The molecule has 0 radical (unpaired) electrons. The molecule has 0 spiro atoms. The van der Waals surface area contributed by atoms with Crippen LogP contribution in [0.3, 0.4) is 0 Å². The number of ketones is 1. The third kappa shape index (κ3) is 7.45. The lowest BCUT2D eigenvalue weighted by Gasteiger charge is -2.22. The second-order valence-corrected chi connectivity index (χ2v) is 15.3. The maximum atomic E-state index is 13.9. The predicted octanol–water partition coefficient (Wildman–Crippen LogP) is 8.57. The second-order valence-electron chi connectivity index (χ2n) is 15.3. The summed E-state index contributed by atoms with van der Waals surface area (Å²) in [4.78, 5) is 52.5. The van der Waals surface area contributed by atoms with Crippen molar-refractivity contribution < 1.29 is 38.1 Å². The Morgan fingerprint density at radius 1 is 0.633 bits per heavy atom. The highest BCUT2D eigenvalue weighted by Crippen LogP contribution is 2.43. The van der Waals surface area contributed by atoms with Gasteiger partial charge < -0.3 is 28.5 Å².